The van der Waals surface area contributed by atoms with E-state index in [9.17, 15) is 17.2 Å². The van der Waals surface area contributed by atoms with Gasteiger partial charge in [-0.05, 0) is 33.6 Å². The molecule has 4 nitrogen and oxygen atoms in total. The maximum atomic E-state index is 12.3. The van der Waals surface area contributed by atoms with Crippen molar-refractivity contribution >= 4 is 26.0 Å². The second-order valence-electron chi connectivity index (χ2n) is 4.98. The van der Waals surface area contributed by atoms with Crippen LogP contribution in [0.3, 0.4) is 0 Å². The van der Waals surface area contributed by atoms with Crippen molar-refractivity contribution < 1.29 is 17.2 Å². The molecule has 0 aliphatic rings. The zero-order chi connectivity index (χ0) is 16.2. The van der Waals surface area contributed by atoms with E-state index >= 15 is 0 Å². The summed E-state index contributed by atoms with van der Waals surface area (Å²) >= 11 is 3.20. The summed E-state index contributed by atoms with van der Waals surface area (Å²) < 4.78 is 50.1. The molecule has 0 aromatic heterocycles. The number of alkyl halides is 2. The van der Waals surface area contributed by atoms with Gasteiger partial charge in [0.15, 0.2) is 0 Å². The molecule has 0 heterocycles. The minimum atomic E-state index is -3.93. The predicted octanol–water partition coefficient (Wildman–Crippen LogP) is 2.83. The van der Waals surface area contributed by atoms with E-state index in [1.807, 2.05) is 13.8 Å². The van der Waals surface area contributed by atoms with E-state index in [1.54, 1.807) is 12.1 Å². The van der Waals surface area contributed by atoms with Crippen LogP contribution in [-0.4, -0.2) is 38.8 Å². The van der Waals surface area contributed by atoms with Crippen molar-refractivity contribution in [3.05, 3.63) is 28.2 Å². The fourth-order valence-corrected chi connectivity index (χ4v) is 3.88. The Morgan fingerprint density at radius 1 is 1.33 bits per heavy atom. The van der Waals surface area contributed by atoms with Gasteiger partial charge >= 0.3 is 0 Å². The number of nitrogens with one attached hydrogen (secondary N) is 1. The zero-order valence-electron chi connectivity index (χ0n) is 12.1. The van der Waals surface area contributed by atoms with Crippen LogP contribution >= 0.6 is 15.9 Å². The van der Waals surface area contributed by atoms with E-state index in [0.717, 1.165) is 12.6 Å². The van der Waals surface area contributed by atoms with Gasteiger partial charge in [0.2, 0.25) is 10.0 Å². The van der Waals surface area contributed by atoms with Crippen LogP contribution in [0.4, 0.5) is 8.78 Å². The number of halogens is 3. The van der Waals surface area contributed by atoms with Crippen molar-refractivity contribution in [3.63, 3.8) is 0 Å². The molecule has 0 aliphatic heterocycles. The number of sulfonamides is 1. The smallest absolute Gasteiger partial charge is 0.252 e. The topological polar surface area (TPSA) is 49.4 Å². The number of benzene rings is 1. The SMILES string of the molecule is CC(C)NCc1ccc(S(=O)(=O)N(C)CC(F)F)c(Br)c1. The van der Waals surface area contributed by atoms with E-state index in [2.05, 4.69) is 21.2 Å². The van der Waals surface area contributed by atoms with Gasteiger partial charge in [0.1, 0.15) is 0 Å². The van der Waals surface area contributed by atoms with Gasteiger partial charge in [-0.25, -0.2) is 17.2 Å². The van der Waals surface area contributed by atoms with E-state index < -0.39 is 23.0 Å². The monoisotopic (exact) mass is 384 g/mol. The summed E-state index contributed by atoms with van der Waals surface area (Å²) in [5.41, 5.74) is 0.908. The van der Waals surface area contributed by atoms with Crippen LogP contribution in [0, 0.1) is 0 Å². The Hall–Kier alpha value is -0.570. The summed E-state index contributed by atoms with van der Waals surface area (Å²) in [4.78, 5) is -0.0149. The lowest BCUT2D eigenvalue weighted by Crippen LogP contribution is -2.31. The molecule has 0 unspecified atom stereocenters. The fourth-order valence-electron chi connectivity index (χ4n) is 1.65. The molecule has 1 N–H and O–H groups in total. The van der Waals surface area contributed by atoms with Crippen molar-refractivity contribution in [2.24, 2.45) is 0 Å². The van der Waals surface area contributed by atoms with Crippen molar-refractivity contribution in [1.29, 1.82) is 0 Å². The van der Waals surface area contributed by atoms with Gasteiger partial charge in [-0.3, -0.25) is 0 Å². The highest BCUT2D eigenvalue weighted by Gasteiger charge is 2.25. The largest absolute Gasteiger partial charge is 0.310 e. The molecule has 0 spiro atoms. The van der Waals surface area contributed by atoms with Gasteiger partial charge in [0, 0.05) is 24.1 Å². The molecule has 8 heteroatoms. The van der Waals surface area contributed by atoms with E-state index in [4.69, 9.17) is 0 Å². The summed E-state index contributed by atoms with van der Waals surface area (Å²) in [6.07, 6.45) is -2.71. The minimum absolute atomic E-state index is 0.0149. The van der Waals surface area contributed by atoms with Gasteiger partial charge < -0.3 is 5.32 Å². The predicted molar refractivity (Wildman–Crippen MR) is 81.9 cm³/mol. The van der Waals surface area contributed by atoms with Gasteiger partial charge in [0.25, 0.3) is 6.43 Å². The summed E-state index contributed by atoms with van der Waals surface area (Å²) in [7, 11) is -2.79. The fraction of sp³-hybridized carbons (Fsp3) is 0.538. The lowest BCUT2D eigenvalue weighted by atomic mass is 10.2. The third-order valence-electron chi connectivity index (χ3n) is 2.79. The lowest BCUT2D eigenvalue weighted by Gasteiger charge is -2.18. The third-order valence-corrected chi connectivity index (χ3v) is 5.59. The highest BCUT2D eigenvalue weighted by Crippen LogP contribution is 2.26. The number of nitrogens with zero attached hydrogens (tertiary/aromatic N) is 1. The molecule has 0 bridgehead atoms. The van der Waals surface area contributed by atoms with Crippen LogP contribution in [0.1, 0.15) is 19.4 Å². The first kappa shape index (κ1) is 18.5. The highest BCUT2D eigenvalue weighted by atomic mass is 79.9. The summed E-state index contributed by atoms with van der Waals surface area (Å²) in [6, 6.07) is 5.09. The highest BCUT2D eigenvalue weighted by molar-refractivity contribution is 9.10. The van der Waals surface area contributed by atoms with Crippen molar-refractivity contribution in [3.8, 4) is 0 Å². The van der Waals surface area contributed by atoms with Crippen LogP contribution in [-0.2, 0) is 16.6 Å². The molecule has 0 radical (unpaired) electrons. The second-order valence-corrected chi connectivity index (χ2v) is 7.84. The Labute approximate surface area is 132 Å². The molecule has 0 saturated heterocycles. The maximum Gasteiger partial charge on any atom is 0.252 e. The van der Waals surface area contributed by atoms with Crippen LogP contribution in [0.2, 0.25) is 0 Å². The van der Waals surface area contributed by atoms with Gasteiger partial charge in [-0.2, -0.15) is 4.31 Å². The van der Waals surface area contributed by atoms with Crippen LogP contribution in [0.25, 0.3) is 0 Å². The molecule has 1 rings (SSSR count). The van der Waals surface area contributed by atoms with Crippen molar-refractivity contribution in [1.82, 2.24) is 9.62 Å². The Balaban J connectivity index is 2.98. The average Bonchev–Trinajstić information content (AvgIpc) is 2.35. The van der Waals surface area contributed by atoms with Crippen molar-refractivity contribution in [2.45, 2.75) is 37.8 Å². The molecule has 1 aromatic rings. The molecule has 0 aliphatic carbocycles. The second kappa shape index (κ2) is 7.62. The Kier molecular flexibility index (Phi) is 6.71. The maximum absolute atomic E-state index is 12.3. The van der Waals surface area contributed by atoms with Gasteiger partial charge in [-0.1, -0.05) is 19.9 Å². The number of rotatable bonds is 7. The van der Waals surface area contributed by atoms with Crippen LogP contribution in [0.5, 0.6) is 0 Å². The number of hydrogen-bond donors (Lipinski definition) is 1. The average molecular weight is 385 g/mol. The Morgan fingerprint density at radius 2 is 1.95 bits per heavy atom. The van der Waals surface area contributed by atoms with Gasteiger partial charge in [-0.15, -0.1) is 0 Å². The molecule has 0 amide bonds. The first-order chi connectivity index (χ1) is 9.64. The molecule has 120 valence electrons. The summed E-state index contributed by atoms with van der Waals surface area (Å²) in [5.74, 6) is 0. The van der Waals surface area contributed by atoms with E-state index in [1.165, 1.54) is 6.07 Å². The van der Waals surface area contributed by atoms with E-state index in [-0.39, 0.29) is 4.90 Å². The zero-order valence-corrected chi connectivity index (χ0v) is 14.5. The Morgan fingerprint density at radius 3 is 2.43 bits per heavy atom. The lowest BCUT2D eigenvalue weighted by molar-refractivity contribution is 0.126. The minimum Gasteiger partial charge on any atom is -0.310 e. The number of hydrogen-bond acceptors (Lipinski definition) is 3. The molecule has 21 heavy (non-hydrogen) atoms. The third kappa shape index (κ3) is 5.28. The Bertz CT molecular complexity index is 580. The van der Waals surface area contributed by atoms with E-state index in [0.29, 0.717) is 21.4 Å². The van der Waals surface area contributed by atoms with Crippen molar-refractivity contribution in [2.75, 3.05) is 13.6 Å². The molecular formula is C13H19BrF2N2O2S. The normalized spacial score (nSPS) is 12.6. The first-order valence-corrected chi connectivity index (χ1v) is 8.64. The molecule has 1 aromatic carbocycles. The van der Waals surface area contributed by atoms with Crippen LogP contribution in [0.15, 0.2) is 27.6 Å². The first-order valence-electron chi connectivity index (χ1n) is 6.41. The molecule has 0 atom stereocenters. The summed E-state index contributed by atoms with van der Waals surface area (Å²) in [5, 5.41) is 3.22. The quantitative estimate of drug-likeness (QED) is 0.786. The standard InChI is InChI=1S/C13H19BrF2N2O2S/c1-9(2)17-7-10-4-5-12(11(14)6-10)21(19,20)18(3)8-13(15)16/h4-6,9,13,17H,7-8H2,1-3H3. The molecule has 0 fully saturated rings. The van der Waals surface area contributed by atoms with Gasteiger partial charge in [0.05, 0.1) is 11.4 Å². The van der Waals surface area contributed by atoms with Crippen LogP contribution < -0.4 is 5.32 Å². The molecule has 0 saturated carbocycles. The molecular weight excluding hydrogens is 366 g/mol. The summed E-state index contributed by atoms with van der Waals surface area (Å²) in [6.45, 7) is 3.79.